The number of nitrogens with zero attached hydrogens (tertiary/aromatic N) is 4. The molecule has 8 heteroatoms. The molecule has 2 aliphatic rings. The van der Waals surface area contributed by atoms with Crippen LogP contribution in [-0.2, 0) is 9.53 Å². The summed E-state index contributed by atoms with van der Waals surface area (Å²) >= 11 is 0. The fourth-order valence-corrected chi connectivity index (χ4v) is 4.99. The van der Waals surface area contributed by atoms with Crippen LogP contribution in [0.2, 0.25) is 0 Å². The van der Waals surface area contributed by atoms with Crippen molar-refractivity contribution in [3.05, 3.63) is 65.6 Å². The summed E-state index contributed by atoms with van der Waals surface area (Å²) in [7, 11) is 1.64. The van der Waals surface area contributed by atoms with E-state index in [9.17, 15) is 4.79 Å². The minimum Gasteiger partial charge on any atom is -0.493 e. The first-order chi connectivity index (χ1) is 16.6. The maximum atomic E-state index is 11.6. The number of fused-ring (bicyclic) bond motifs is 3. The Balaban J connectivity index is 1.57. The van der Waals surface area contributed by atoms with Crippen molar-refractivity contribution in [3.63, 3.8) is 0 Å². The summed E-state index contributed by atoms with van der Waals surface area (Å²) in [5, 5.41) is 4.25. The van der Waals surface area contributed by atoms with E-state index < -0.39 is 0 Å². The number of carbonyl (C=O) groups is 1. The van der Waals surface area contributed by atoms with Gasteiger partial charge in [0.15, 0.2) is 17.3 Å². The van der Waals surface area contributed by atoms with Crippen LogP contribution in [0.5, 0.6) is 11.5 Å². The van der Waals surface area contributed by atoms with E-state index in [-0.39, 0.29) is 24.0 Å². The molecule has 8 nitrogen and oxygen atoms in total. The number of esters is 1. The van der Waals surface area contributed by atoms with Gasteiger partial charge in [0.25, 0.3) is 0 Å². The molecule has 2 aromatic heterocycles. The van der Waals surface area contributed by atoms with E-state index in [1.165, 1.54) is 6.92 Å². The average molecular weight is 461 g/mol. The predicted molar refractivity (Wildman–Crippen MR) is 127 cm³/mol. The monoisotopic (exact) mass is 460 g/mol. The molecule has 34 heavy (non-hydrogen) atoms. The quantitative estimate of drug-likeness (QED) is 0.515. The number of rotatable bonds is 6. The molecular formula is C26H28N4O4. The normalized spacial score (nSPS) is 21.1. The Morgan fingerprint density at radius 1 is 1.21 bits per heavy atom. The Morgan fingerprint density at radius 3 is 2.76 bits per heavy atom. The summed E-state index contributed by atoms with van der Waals surface area (Å²) in [6, 6.07) is 10.0. The molecule has 0 bridgehead atoms. The van der Waals surface area contributed by atoms with Crippen molar-refractivity contribution in [3.8, 4) is 17.3 Å². The van der Waals surface area contributed by atoms with Crippen LogP contribution in [0, 0.1) is 0 Å². The van der Waals surface area contributed by atoms with Gasteiger partial charge in [0.05, 0.1) is 25.5 Å². The molecular weight excluding hydrogens is 432 g/mol. The Hall–Kier alpha value is -3.68. The first-order valence-electron chi connectivity index (χ1n) is 11.6. The van der Waals surface area contributed by atoms with Gasteiger partial charge in [-0.2, -0.15) is 5.10 Å². The lowest BCUT2D eigenvalue weighted by atomic mass is 9.74. The summed E-state index contributed by atoms with van der Waals surface area (Å²) in [5.74, 6) is 2.02. The predicted octanol–water partition coefficient (Wildman–Crippen LogP) is 4.09. The van der Waals surface area contributed by atoms with Gasteiger partial charge >= 0.3 is 5.97 Å². The number of hydrogen-bond acceptors (Lipinski definition) is 7. The number of methoxy groups -OCH3 is 1. The lowest BCUT2D eigenvalue weighted by molar-refractivity contribution is -0.148. The first kappa shape index (κ1) is 22.1. The highest BCUT2D eigenvalue weighted by Crippen LogP contribution is 2.45. The highest BCUT2D eigenvalue weighted by Gasteiger charge is 2.38. The largest absolute Gasteiger partial charge is 0.493 e. The molecule has 1 aromatic carbocycles. The minimum atomic E-state index is -0.239. The standard InChI is InChI=1S/C26H28N4O4/c1-4-33-24-13-19-20-12-18(34-16(2)31)7-8-22(20)29-26(21(19)14-23(24)32-3)17-6-9-25(27-15-17)30-11-5-10-28-30/h5-6,9-11,13-15,18,20,22H,4,7-8,12H2,1-3H3/t18-,20-,22-/m1/s1. The van der Waals surface area contributed by atoms with Gasteiger partial charge in [0, 0.05) is 42.6 Å². The van der Waals surface area contributed by atoms with E-state index >= 15 is 0 Å². The number of aromatic nitrogens is 3. The fourth-order valence-electron chi connectivity index (χ4n) is 4.99. The van der Waals surface area contributed by atoms with Crippen molar-refractivity contribution < 1.29 is 19.0 Å². The third kappa shape index (κ3) is 4.16. The molecule has 1 fully saturated rings. The van der Waals surface area contributed by atoms with Crippen molar-refractivity contribution in [2.45, 2.75) is 51.2 Å². The average Bonchev–Trinajstić information content (AvgIpc) is 3.38. The van der Waals surface area contributed by atoms with Gasteiger partial charge in [-0.05, 0) is 62.1 Å². The number of benzene rings is 1. The molecule has 0 radical (unpaired) electrons. The maximum absolute atomic E-state index is 11.6. The topological polar surface area (TPSA) is 87.8 Å². The van der Waals surface area contributed by atoms with Crippen LogP contribution >= 0.6 is 0 Å². The first-order valence-corrected chi connectivity index (χ1v) is 11.6. The van der Waals surface area contributed by atoms with Gasteiger partial charge in [-0.25, -0.2) is 9.67 Å². The summed E-state index contributed by atoms with van der Waals surface area (Å²) in [6.45, 7) is 3.97. The Labute approximate surface area is 198 Å². The zero-order chi connectivity index (χ0) is 23.7. The van der Waals surface area contributed by atoms with Crippen LogP contribution in [0.25, 0.3) is 5.82 Å². The number of pyridine rings is 1. The summed E-state index contributed by atoms with van der Waals surface area (Å²) < 4.78 is 18.8. The highest BCUT2D eigenvalue weighted by molar-refractivity contribution is 6.14. The van der Waals surface area contributed by atoms with E-state index in [0.717, 1.165) is 47.5 Å². The Bertz CT molecular complexity index is 1200. The third-order valence-corrected chi connectivity index (χ3v) is 6.44. The van der Waals surface area contributed by atoms with Gasteiger partial charge in [0.2, 0.25) is 0 Å². The van der Waals surface area contributed by atoms with Crippen LogP contribution < -0.4 is 9.47 Å². The van der Waals surface area contributed by atoms with Gasteiger partial charge in [-0.15, -0.1) is 0 Å². The fraction of sp³-hybridized carbons (Fsp3) is 0.385. The molecule has 0 saturated heterocycles. The second kappa shape index (κ2) is 9.29. The number of carbonyl (C=O) groups excluding carboxylic acids is 1. The van der Waals surface area contributed by atoms with Crippen LogP contribution in [0.4, 0.5) is 0 Å². The van der Waals surface area contributed by atoms with Crippen molar-refractivity contribution >= 4 is 11.7 Å². The Kier molecular flexibility index (Phi) is 6.04. The molecule has 176 valence electrons. The molecule has 5 rings (SSSR count). The minimum absolute atomic E-state index is 0.1000. The molecule has 0 spiro atoms. The van der Waals surface area contributed by atoms with Crippen LogP contribution in [0.1, 0.15) is 55.7 Å². The van der Waals surface area contributed by atoms with Crippen molar-refractivity contribution in [2.24, 2.45) is 4.99 Å². The molecule has 1 saturated carbocycles. The smallest absolute Gasteiger partial charge is 0.302 e. The molecule has 3 atom stereocenters. The van der Waals surface area contributed by atoms with E-state index in [1.54, 1.807) is 18.0 Å². The third-order valence-electron chi connectivity index (χ3n) is 6.44. The molecule has 0 N–H and O–H groups in total. The van der Waals surface area contributed by atoms with E-state index in [1.807, 2.05) is 43.6 Å². The molecule has 1 aliphatic heterocycles. The van der Waals surface area contributed by atoms with Gasteiger partial charge in [-0.3, -0.25) is 9.79 Å². The van der Waals surface area contributed by atoms with Crippen molar-refractivity contribution in [1.82, 2.24) is 14.8 Å². The SMILES string of the molecule is CCOc1cc2c(cc1OC)C(c1ccc(-n3cccn3)nc1)=N[C@@H]1CC[C@@H](OC(C)=O)C[C@H]21. The zero-order valence-electron chi connectivity index (χ0n) is 19.6. The van der Waals surface area contributed by atoms with Crippen LogP contribution in [0.3, 0.4) is 0 Å². The van der Waals surface area contributed by atoms with Crippen molar-refractivity contribution in [2.75, 3.05) is 13.7 Å². The van der Waals surface area contributed by atoms with Gasteiger partial charge in [-0.1, -0.05) is 0 Å². The summed E-state index contributed by atoms with van der Waals surface area (Å²) in [5.41, 5.74) is 3.97. The highest BCUT2D eigenvalue weighted by atomic mass is 16.5. The molecule has 3 heterocycles. The van der Waals surface area contributed by atoms with Crippen LogP contribution in [-0.4, -0.2) is 52.3 Å². The second-order valence-electron chi connectivity index (χ2n) is 8.58. The zero-order valence-corrected chi connectivity index (χ0v) is 19.6. The Morgan fingerprint density at radius 2 is 2.09 bits per heavy atom. The van der Waals surface area contributed by atoms with Crippen LogP contribution in [0.15, 0.2) is 53.9 Å². The number of aliphatic imine (C=N–C) groups is 1. The second-order valence-corrected chi connectivity index (χ2v) is 8.58. The summed E-state index contributed by atoms with van der Waals surface area (Å²) in [6.07, 6.45) is 7.72. The van der Waals surface area contributed by atoms with Crippen molar-refractivity contribution in [1.29, 1.82) is 0 Å². The summed E-state index contributed by atoms with van der Waals surface area (Å²) in [4.78, 5) is 21.4. The van der Waals surface area contributed by atoms with E-state index in [4.69, 9.17) is 19.2 Å². The van der Waals surface area contributed by atoms with Gasteiger partial charge in [0.1, 0.15) is 6.10 Å². The van der Waals surface area contributed by atoms with E-state index in [0.29, 0.717) is 18.1 Å². The van der Waals surface area contributed by atoms with Gasteiger partial charge < -0.3 is 14.2 Å². The lowest BCUT2D eigenvalue weighted by Gasteiger charge is -2.38. The number of hydrogen-bond donors (Lipinski definition) is 0. The molecule has 0 unspecified atom stereocenters. The molecule has 3 aromatic rings. The molecule has 0 amide bonds. The molecule has 1 aliphatic carbocycles. The maximum Gasteiger partial charge on any atom is 0.302 e. The number of ether oxygens (including phenoxy) is 3. The lowest BCUT2D eigenvalue weighted by Crippen LogP contribution is -2.36. The van der Waals surface area contributed by atoms with E-state index in [2.05, 4.69) is 16.1 Å².